The first-order chi connectivity index (χ1) is 11.2. The van der Waals surface area contributed by atoms with E-state index < -0.39 is 0 Å². The van der Waals surface area contributed by atoms with Crippen LogP contribution in [0.1, 0.15) is 23.1 Å². The van der Waals surface area contributed by atoms with Gasteiger partial charge < -0.3 is 19.4 Å². The Morgan fingerprint density at radius 2 is 2.39 bits per heavy atom. The number of aromatic nitrogens is 2. The van der Waals surface area contributed by atoms with Gasteiger partial charge in [0.1, 0.15) is 17.6 Å². The van der Waals surface area contributed by atoms with Crippen LogP contribution in [0.5, 0.6) is 5.75 Å². The van der Waals surface area contributed by atoms with Crippen molar-refractivity contribution in [2.45, 2.75) is 19.4 Å². The molecular weight excluding hydrogens is 294 g/mol. The van der Waals surface area contributed by atoms with E-state index in [0.29, 0.717) is 26.2 Å². The van der Waals surface area contributed by atoms with Crippen LogP contribution in [0.2, 0.25) is 0 Å². The Bertz CT molecular complexity index is 683. The van der Waals surface area contributed by atoms with Crippen LogP contribution < -0.4 is 4.74 Å². The zero-order chi connectivity index (χ0) is 16.2. The molecule has 0 radical (unpaired) electrons. The highest BCUT2D eigenvalue weighted by Crippen LogP contribution is 2.23. The second-order valence-corrected chi connectivity index (χ2v) is 5.66. The Morgan fingerprint density at radius 3 is 3.13 bits per heavy atom. The van der Waals surface area contributed by atoms with Crippen molar-refractivity contribution < 1.29 is 14.3 Å². The van der Waals surface area contributed by atoms with Crippen molar-refractivity contribution in [2.75, 3.05) is 26.9 Å². The average molecular weight is 315 g/mol. The van der Waals surface area contributed by atoms with E-state index in [4.69, 9.17) is 9.47 Å². The number of methoxy groups -OCH3 is 1. The molecule has 1 atom stereocenters. The zero-order valence-corrected chi connectivity index (χ0v) is 13.4. The molecule has 6 nitrogen and oxygen atoms in total. The molecule has 122 valence electrons. The molecule has 1 fully saturated rings. The molecule has 1 amide bonds. The van der Waals surface area contributed by atoms with E-state index in [1.165, 1.54) is 0 Å². The number of hydrogen-bond donors (Lipinski definition) is 1. The van der Waals surface area contributed by atoms with Crippen LogP contribution in [0.4, 0.5) is 0 Å². The first-order valence-electron chi connectivity index (χ1n) is 7.69. The lowest BCUT2D eigenvalue weighted by atomic mass is 10.1. The predicted octanol–water partition coefficient (Wildman–Crippen LogP) is 1.87. The smallest absolute Gasteiger partial charge is 0.227 e. The molecule has 0 aliphatic carbocycles. The van der Waals surface area contributed by atoms with Gasteiger partial charge in [-0.2, -0.15) is 0 Å². The SMILES string of the molecule is COc1cccc(CC(=O)N2CCOC[C@@H]2c2ncc(C)[nH]2)c1. The number of benzene rings is 1. The van der Waals surface area contributed by atoms with Crippen LogP contribution in [0.25, 0.3) is 0 Å². The van der Waals surface area contributed by atoms with Gasteiger partial charge in [0.25, 0.3) is 0 Å². The van der Waals surface area contributed by atoms with Gasteiger partial charge in [0.05, 0.1) is 26.7 Å². The Hall–Kier alpha value is -2.34. The number of carbonyl (C=O) groups is 1. The number of ether oxygens (including phenoxy) is 2. The fourth-order valence-electron chi connectivity index (χ4n) is 2.79. The molecule has 2 heterocycles. The van der Waals surface area contributed by atoms with Crippen molar-refractivity contribution >= 4 is 5.91 Å². The molecular formula is C17H21N3O3. The van der Waals surface area contributed by atoms with Gasteiger partial charge in [-0.15, -0.1) is 0 Å². The summed E-state index contributed by atoms with van der Waals surface area (Å²) < 4.78 is 10.8. The van der Waals surface area contributed by atoms with E-state index in [0.717, 1.165) is 22.8 Å². The largest absolute Gasteiger partial charge is 0.497 e. The van der Waals surface area contributed by atoms with E-state index in [2.05, 4.69) is 9.97 Å². The number of nitrogens with one attached hydrogen (secondary N) is 1. The van der Waals surface area contributed by atoms with Gasteiger partial charge in [-0.3, -0.25) is 4.79 Å². The van der Waals surface area contributed by atoms with E-state index in [9.17, 15) is 4.79 Å². The number of hydrogen-bond acceptors (Lipinski definition) is 4. The molecule has 2 aromatic rings. The number of rotatable bonds is 4. The summed E-state index contributed by atoms with van der Waals surface area (Å²) >= 11 is 0. The Kier molecular flexibility index (Phi) is 4.62. The van der Waals surface area contributed by atoms with Crippen LogP contribution in [-0.4, -0.2) is 47.6 Å². The van der Waals surface area contributed by atoms with Gasteiger partial charge >= 0.3 is 0 Å². The van der Waals surface area contributed by atoms with E-state index in [1.54, 1.807) is 13.3 Å². The third-order valence-corrected chi connectivity index (χ3v) is 3.98. The highest BCUT2D eigenvalue weighted by atomic mass is 16.5. The molecule has 1 N–H and O–H groups in total. The quantitative estimate of drug-likeness (QED) is 0.935. The molecule has 0 unspecified atom stereocenters. The summed E-state index contributed by atoms with van der Waals surface area (Å²) in [6, 6.07) is 7.44. The summed E-state index contributed by atoms with van der Waals surface area (Å²) in [5, 5.41) is 0. The van der Waals surface area contributed by atoms with E-state index in [-0.39, 0.29) is 11.9 Å². The number of carbonyl (C=O) groups excluding carboxylic acids is 1. The summed E-state index contributed by atoms with van der Waals surface area (Å²) in [5.41, 5.74) is 1.92. The van der Waals surface area contributed by atoms with Crippen molar-refractivity contribution in [3.63, 3.8) is 0 Å². The number of aromatic amines is 1. The van der Waals surface area contributed by atoms with Crippen molar-refractivity contribution in [3.05, 3.63) is 47.5 Å². The maximum Gasteiger partial charge on any atom is 0.227 e. The molecule has 0 spiro atoms. The Balaban J connectivity index is 1.75. The fourth-order valence-corrected chi connectivity index (χ4v) is 2.79. The van der Waals surface area contributed by atoms with Gasteiger partial charge in [-0.1, -0.05) is 12.1 Å². The molecule has 1 aromatic heterocycles. The normalized spacial score (nSPS) is 18.0. The van der Waals surface area contributed by atoms with Crippen LogP contribution in [0, 0.1) is 6.92 Å². The summed E-state index contributed by atoms with van der Waals surface area (Å²) in [6.45, 7) is 3.55. The second-order valence-electron chi connectivity index (χ2n) is 5.66. The van der Waals surface area contributed by atoms with Crippen LogP contribution in [-0.2, 0) is 16.0 Å². The summed E-state index contributed by atoms with van der Waals surface area (Å²) in [7, 11) is 1.62. The summed E-state index contributed by atoms with van der Waals surface area (Å²) in [6.07, 6.45) is 2.11. The topological polar surface area (TPSA) is 67.4 Å². The Labute approximate surface area is 135 Å². The van der Waals surface area contributed by atoms with Gasteiger partial charge in [0, 0.05) is 18.4 Å². The predicted molar refractivity (Wildman–Crippen MR) is 85.3 cm³/mol. The summed E-state index contributed by atoms with van der Waals surface area (Å²) in [4.78, 5) is 22.2. The van der Waals surface area contributed by atoms with Gasteiger partial charge in [-0.05, 0) is 24.6 Å². The Morgan fingerprint density at radius 1 is 1.52 bits per heavy atom. The third kappa shape index (κ3) is 3.53. The molecule has 23 heavy (non-hydrogen) atoms. The molecule has 1 aliphatic heterocycles. The number of imidazole rings is 1. The first-order valence-corrected chi connectivity index (χ1v) is 7.69. The first kappa shape index (κ1) is 15.6. The van der Waals surface area contributed by atoms with Crippen LogP contribution >= 0.6 is 0 Å². The van der Waals surface area contributed by atoms with E-state index >= 15 is 0 Å². The highest BCUT2D eigenvalue weighted by molar-refractivity contribution is 5.79. The number of H-pyrrole nitrogens is 1. The van der Waals surface area contributed by atoms with Crippen LogP contribution in [0.3, 0.4) is 0 Å². The minimum atomic E-state index is -0.157. The highest BCUT2D eigenvalue weighted by Gasteiger charge is 2.30. The van der Waals surface area contributed by atoms with Crippen LogP contribution in [0.15, 0.2) is 30.5 Å². The van der Waals surface area contributed by atoms with Gasteiger partial charge in [-0.25, -0.2) is 4.98 Å². The second kappa shape index (κ2) is 6.83. The standard InChI is InChI=1S/C17H21N3O3/c1-12-10-18-17(19-12)15-11-23-7-6-20(15)16(21)9-13-4-3-5-14(8-13)22-2/h3-5,8,10,15H,6-7,9,11H2,1-2H3,(H,18,19)/t15-/m1/s1. The lowest BCUT2D eigenvalue weighted by Gasteiger charge is -2.34. The molecule has 3 rings (SSSR count). The fraction of sp³-hybridized carbons (Fsp3) is 0.412. The monoisotopic (exact) mass is 315 g/mol. The molecule has 1 aromatic carbocycles. The van der Waals surface area contributed by atoms with E-state index in [1.807, 2.05) is 36.1 Å². The minimum Gasteiger partial charge on any atom is -0.497 e. The third-order valence-electron chi connectivity index (χ3n) is 3.98. The maximum atomic E-state index is 12.7. The van der Waals surface area contributed by atoms with Gasteiger partial charge in [0.2, 0.25) is 5.91 Å². The van der Waals surface area contributed by atoms with Crippen molar-refractivity contribution in [1.82, 2.24) is 14.9 Å². The molecule has 0 bridgehead atoms. The number of morpholine rings is 1. The number of aryl methyl sites for hydroxylation is 1. The van der Waals surface area contributed by atoms with Crippen molar-refractivity contribution in [3.8, 4) is 5.75 Å². The summed E-state index contributed by atoms with van der Waals surface area (Å²) in [5.74, 6) is 1.61. The molecule has 6 heteroatoms. The van der Waals surface area contributed by atoms with Crippen molar-refractivity contribution in [2.24, 2.45) is 0 Å². The number of nitrogens with zero attached hydrogens (tertiary/aromatic N) is 2. The number of amides is 1. The molecule has 0 saturated carbocycles. The van der Waals surface area contributed by atoms with Crippen molar-refractivity contribution in [1.29, 1.82) is 0 Å². The lowest BCUT2D eigenvalue weighted by molar-refractivity contribution is -0.139. The molecule has 1 aliphatic rings. The average Bonchev–Trinajstić information content (AvgIpc) is 3.01. The maximum absolute atomic E-state index is 12.7. The van der Waals surface area contributed by atoms with Gasteiger partial charge in [0.15, 0.2) is 0 Å². The lowest BCUT2D eigenvalue weighted by Crippen LogP contribution is -2.44. The molecule has 1 saturated heterocycles. The minimum absolute atomic E-state index is 0.0700. The zero-order valence-electron chi connectivity index (χ0n) is 13.4.